The highest BCUT2D eigenvalue weighted by Gasteiger charge is 2.59. The number of hydrogen-bond donors (Lipinski definition) is 1. The smallest absolute Gasteiger partial charge is 0.101 e. The van der Waals surface area contributed by atoms with Crippen LogP contribution in [0, 0.1) is 29.1 Å². The van der Waals surface area contributed by atoms with Crippen LogP contribution in [-0.2, 0) is 0 Å². The highest BCUT2D eigenvalue weighted by molar-refractivity contribution is 6.08. The third-order valence-corrected chi connectivity index (χ3v) is 10.6. The van der Waals surface area contributed by atoms with Gasteiger partial charge in [-0.1, -0.05) is 84.4 Å². The van der Waals surface area contributed by atoms with Gasteiger partial charge in [0.2, 0.25) is 0 Å². The van der Waals surface area contributed by atoms with Gasteiger partial charge in [0.25, 0.3) is 0 Å². The number of para-hydroxylation sites is 2. The van der Waals surface area contributed by atoms with E-state index in [-0.39, 0.29) is 11.0 Å². The van der Waals surface area contributed by atoms with Crippen LogP contribution in [0.25, 0.3) is 21.8 Å². The number of fused-ring (bicyclic) bond motifs is 3. The molecule has 3 aromatic rings. The van der Waals surface area contributed by atoms with Crippen LogP contribution in [-0.4, -0.2) is 27.3 Å². The van der Waals surface area contributed by atoms with Crippen molar-refractivity contribution in [3.8, 4) is 0 Å². The van der Waals surface area contributed by atoms with E-state index in [0.717, 1.165) is 11.8 Å². The first-order chi connectivity index (χ1) is 17.6. The molecule has 2 aromatic carbocycles. The van der Waals surface area contributed by atoms with Crippen molar-refractivity contribution in [1.82, 2.24) is 9.58 Å². The summed E-state index contributed by atoms with van der Waals surface area (Å²) in [6.07, 6.45) is 8.05. The van der Waals surface area contributed by atoms with Crippen LogP contribution >= 0.6 is 0 Å². The number of likely N-dealkylation sites (tertiary alicyclic amines) is 1. The van der Waals surface area contributed by atoms with Gasteiger partial charge in [-0.25, -0.2) is 0 Å². The fraction of sp³-hybridized carbons (Fsp3) is 0.647. The number of rotatable bonds is 7. The predicted molar refractivity (Wildman–Crippen MR) is 160 cm³/mol. The van der Waals surface area contributed by atoms with E-state index in [4.69, 9.17) is 0 Å². The predicted octanol–water partition coefficient (Wildman–Crippen LogP) is 9.05. The van der Waals surface area contributed by atoms with E-state index in [1.54, 1.807) is 0 Å². The molecule has 2 heterocycles. The van der Waals surface area contributed by atoms with Gasteiger partial charge in [0.1, 0.15) is 6.17 Å². The van der Waals surface area contributed by atoms with Crippen LogP contribution < -0.4 is 5.43 Å². The number of benzene rings is 2. The first kappa shape index (κ1) is 26.6. The number of nitrogens with one attached hydrogen (secondary N) is 1. The van der Waals surface area contributed by atoms with Crippen LogP contribution in [0.2, 0.25) is 0 Å². The van der Waals surface area contributed by atoms with Crippen LogP contribution in [0.1, 0.15) is 93.9 Å². The average molecular weight is 502 g/mol. The Labute approximate surface area is 226 Å². The summed E-state index contributed by atoms with van der Waals surface area (Å²) >= 11 is 0. The molecule has 3 nitrogen and oxygen atoms in total. The Morgan fingerprint density at radius 3 is 1.76 bits per heavy atom. The lowest BCUT2D eigenvalue weighted by Crippen LogP contribution is -2.62. The van der Waals surface area contributed by atoms with Gasteiger partial charge in [-0.2, -0.15) is 0 Å². The van der Waals surface area contributed by atoms with E-state index < -0.39 is 0 Å². The first-order valence-corrected chi connectivity index (χ1v) is 15.2. The fourth-order valence-corrected chi connectivity index (χ4v) is 8.66. The summed E-state index contributed by atoms with van der Waals surface area (Å²) in [4.78, 5) is 3.03. The highest BCUT2D eigenvalue weighted by atomic mass is 15.5. The lowest BCUT2D eigenvalue weighted by atomic mass is 9.67. The molecule has 3 unspecified atom stereocenters. The second-order valence-corrected chi connectivity index (χ2v) is 13.6. The van der Waals surface area contributed by atoms with Crippen LogP contribution in [0.3, 0.4) is 0 Å². The molecule has 1 saturated heterocycles. The molecule has 2 fully saturated rings. The lowest BCUT2D eigenvalue weighted by Gasteiger charge is -2.53. The molecule has 0 bridgehead atoms. The molecule has 3 heteroatoms. The molecule has 5 rings (SSSR count). The van der Waals surface area contributed by atoms with Crippen LogP contribution in [0.4, 0.5) is 0 Å². The second-order valence-electron chi connectivity index (χ2n) is 13.6. The van der Waals surface area contributed by atoms with Gasteiger partial charge in [-0.3, -0.25) is 9.58 Å². The molecule has 1 aliphatic carbocycles. The summed E-state index contributed by atoms with van der Waals surface area (Å²) in [6.45, 7) is 19.9. The monoisotopic (exact) mass is 501 g/mol. The standard InChI is InChI=1S/C34H51N3/c1-9-34(10-2)22-33(7,8)36(31-25(23(3)4)18-15-19-26(31)24(5)6)32(34)35-37-29-20-13-11-16-27(29)28-17-12-14-21-30(28)37/h11-14,16-17,20-21,23-26,31-32,35H,9-10,15,18-19,22H2,1-8H3. The Bertz CT molecular complexity index is 1150. The maximum absolute atomic E-state index is 4.26. The number of nitrogens with zero attached hydrogens (tertiary/aromatic N) is 2. The third kappa shape index (κ3) is 4.30. The number of hydrogen-bond acceptors (Lipinski definition) is 2. The fourth-order valence-electron chi connectivity index (χ4n) is 8.66. The molecule has 2 aliphatic rings. The molecule has 1 saturated carbocycles. The molecular weight excluding hydrogens is 450 g/mol. The van der Waals surface area contributed by atoms with E-state index >= 15 is 0 Å². The van der Waals surface area contributed by atoms with Crippen molar-refractivity contribution in [3.05, 3.63) is 48.5 Å². The molecule has 37 heavy (non-hydrogen) atoms. The highest BCUT2D eigenvalue weighted by Crippen LogP contribution is 2.55. The first-order valence-electron chi connectivity index (χ1n) is 15.2. The van der Waals surface area contributed by atoms with Gasteiger partial charge in [0, 0.05) is 27.8 Å². The third-order valence-electron chi connectivity index (χ3n) is 10.6. The molecule has 0 radical (unpaired) electrons. The van der Waals surface area contributed by atoms with Crippen molar-refractivity contribution in [2.75, 3.05) is 5.43 Å². The van der Waals surface area contributed by atoms with Crippen molar-refractivity contribution in [1.29, 1.82) is 0 Å². The minimum Gasteiger partial charge on any atom is -0.307 e. The van der Waals surface area contributed by atoms with Gasteiger partial charge in [-0.15, -0.1) is 0 Å². The quantitative estimate of drug-likeness (QED) is 0.348. The van der Waals surface area contributed by atoms with Crippen LogP contribution in [0.15, 0.2) is 48.5 Å². The SMILES string of the molecule is CCC1(CC)CC(C)(C)N(C2C(C(C)C)CCCC2C(C)C)C1Nn1c2ccccc2c2ccccc21. The minimum absolute atomic E-state index is 0.144. The molecule has 0 amide bonds. The van der Waals surface area contributed by atoms with E-state index in [0.29, 0.717) is 24.0 Å². The second kappa shape index (κ2) is 9.95. The van der Waals surface area contributed by atoms with Gasteiger partial charge < -0.3 is 5.43 Å². The molecule has 3 atom stereocenters. The van der Waals surface area contributed by atoms with E-state index in [2.05, 4.69) is 119 Å². The van der Waals surface area contributed by atoms with Crippen molar-refractivity contribution >= 4 is 21.8 Å². The van der Waals surface area contributed by atoms with E-state index in [9.17, 15) is 0 Å². The zero-order valence-corrected chi connectivity index (χ0v) is 24.7. The van der Waals surface area contributed by atoms with Gasteiger partial charge in [0.15, 0.2) is 0 Å². The molecule has 202 valence electrons. The maximum atomic E-state index is 4.26. The average Bonchev–Trinajstić information content (AvgIpc) is 3.32. The summed E-state index contributed by atoms with van der Waals surface area (Å²) in [5, 5.41) is 2.68. The lowest BCUT2D eigenvalue weighted by molar-refractivity contribution is -0.0441. The summed E-state index contributed by atoms with van der Waals surface area (Å²) in [5.74, 6) is 2.89. The van der Waals surface area contributed by atoms with Crippen molar-refractivity contribution in [3.63, 3.8) is 0 Å². The molecule has 1 aromatic heterocycles. The Balaban J connectivity index is 1.70. The van der Waals surface area contributed by atoms with Crippen molar-refractivity contribution < 1.29 is 0 Å². The largest absolute Gasteiger partial charge is 0.307 e. The van der Waals surface area contributed by atoms with Crippen LogP contribution in [0.5, 0.6) is 0 Å². The summed E-state index contributed by atoms with van der Waals surface area (Å²) in [6, 6.07) is 18.5. The minimum atomic E-state index is 0.144. The summed E-state index contributed by atoms with van der Waals surface area (Å²) in [5.41, 5.74) is 7.22. The topological polar surface area (TPSA) is 20.2 Å². The molecular formula is C34H51N3. The van der Waals surface area contributed by atoms with Crippen molar-refractivity contribution in [2.24, 2.45) is 29.1 Å². The maximum Gasteiger partial charge on any atom is 0.101 e. The normalized spacial score (nSPS) is 28.1. The summed E-state index contributed by atoms with van der Waals surface area (Å²) < 4.78 is 2.45. The van der Waals surface area contributed by atoms with Crippen molar-refractivity contribution in [2.45, 2.75) is 112 Å². The van der Waals surface area contributed by atoms with Gasteiger partial charge in [-0.05, 0) is 81.8 Å². The van der Waals surface area contributed by atoms with E-state index in [1.807, 2.05) is 0 Å². The van der Waals surface area contributed by atoms with E-state index in [1.165, 1.54) is 60.3 Å². The molecule has 1 N–H and O–H groups in total. The zero-order chi connectivity index (χ0) is 26.5. The summed E-state index contributed by atoms with van der Waals surface area (Å²) in [7, 11) is 0. The Kier molecular flexibility index (Phi) is 7.15. The molecule has 1 aliphatic heterocycles. The Morgan fingerprint density at radius 1 is 0.811 bits per heavy atom. The van der Waals surface area contributed by atoms with Gasteiger partial charge >= 0.3 is 0 Å². The Morgan fingerprint density at radius 2 is 1.30 bits per heavy atom. The Hall–Kier alpha value is -2.00. The number of aromatic nitrogens is 1. The zero-order valence-electron chi connectivity index (χ0n) is 24.7. The molecule has 0 spiro atoms. The van der Waals surface area contributed by atoms with Gasteiger partial charge in [0.05, 0.1) is 11.0 Å².